The lowest BCUT2D eigenvalue weighted by molar-refractivity contribution is 0.244. The standard InChI is InChI=1S/C17H19N3O3S/c1-11(2)23-17-7-5-4-6-15(17)20-24(21,22)13-8-9-14-16(10-13)19-12(3)18-14/h4-11,20H,1-3H3,(H,18,19). The molecular weight excluding hydrogens is 326 g/mol. The number of para-hydroxylation sites is 2. The average Bonchev–Trinajstić information content (AvgIpc) is 2.87. The van der Waals surface area contributed by atoms with E-state index in [0.29, 0.717) is 17.0 Å². The number of imidazole rings is 1. The molecule has 126 valence electrons. The molecule has 3 rings (SSSR count). The van der Waals surface area contributed by atoms with E-state index in [4.69, 9.17) is 4.74 Å². The highest BCUT2D eigenvalue weighted by atomic mass is 32.2. The molecule has 1 heterocycles. The van der Waals surface area contributed by atoms with Crippen LogP contribution in [0.2, 0.25) is 0 Å². The van der Waals surface area contributed by atoms with E-state index in [0.717, 1.165) is 11.3 Å². The van der Waals surface area contributed by atoms with Gasteiger partial charge >= 0.3 is 0 Å². The van der Waals surface area contributed by atoms with Gasteiger partial charge in [0.05, 0.1) is 27.7 Å². The first-order chi connectivity index (χ1) is 11.3. The third kappa shape index (κ3) is 3.35. The van der Waals surface area contributed by atoms with Crippen LogP contribution in [-0.2, 0) is 10.0 Å². The first-order valence-electron chi connectivity index (χ1n) is 7.60. The minimum atomic E-state index is -3.73. The number of H-pyrrole nitrogens is 1. The zero-order valence-electron chi connectivity index (χ0n) is 13.7. The zero-order chi connectivity index (χ0) is 17.3. The van der Waals surface area contributed by atoms with Crippen LogP contribution in [0.4, 0.5) is 5.69 Å². The van der Waals surface area contributed by atoms with Gasteiger partial charge in [-0.05, 0) is 51.1 Å². The zero-order valence-corrected chi connectivity index (χ0v) is 14.5. The molecule has 2 N–H and O–H groups in total. The van der Waals surface area contributed by atoms with E-state index in [1.165, 1.54) is 6.07 Å². The number of benzene rings is 2. The van der Waals surface area contributed by atoms with Crippen LogP contribution in [0.1, 0.15) is 19.7 Å². The van der Waals surface area contributed by atoms with Gasteiger partial charge in [-0.3, -0.25) is 4.72 Å². The van der Waals surface area contributed by atoms with Crippen molar-refractivity contribution < 1.29 is 13.2 Å². The quantitative estimate of drug-likeness (QED) is 0.742. The molecule has 0 amide bonds. The molecule has 6 nitrogen and oxygen atoms in total. The van der Waals surface area contributed by atoms with Crippen LogP contribution < -0.4 is 9.46 Å². The van der Waals surface area contributed by atoms with Gasteiger partial charge in [-0.25, -0.2) is 13.4 Å². The van der Waals surface area contributed by atoms with Crippen LogP contribution >= 0.6 is 0 Å². The van der Waals surface area contributed by atoms with Crippen molar-refractivity contribution in [2.24, 2.45) is 0 Å². The number of fused-ring (bicyclic) bond motifs is 1. The lowest BCUT2D eigenvalue weighted by Crippen LogP contribution is -2.15. The summed E-state index contributed by atoms with van der Waals surface area (Å²) in [5.41, 5.74) is 1.82. The summed E-state index contributed by atoms with van der Waals surface area (Å²) in [5.74, 6) is 1.23. The maximum atomic E-state index is 12.7. The number of anilines is 1. The van der Waals surface area contributed by atoms with Crippen molar-refractivity contribution in [2.45, 2.75) is 31.8 Å². The second kappa shape index (κ2) is 6.16. The van der Waals surface area contributed by atoms with Crippen molar-refractivity contribution in [2.75, 3.05) is 4.72 Å². The molecule has 2 aromatic carbocycles. The Bertz CT molecular complexity index is 978. The lowest BCUT2D eigenvalue weighted by atomic mass is 10.3. The Labute approximate surface area is 140 Å². The molecule has 0 bridgehead atoms. The summed E-state index contributed by atoms with van der Waals surface area (Å²) in [6, 6.07) is 11.8. The van der Waals surface area contributed by atoms with Crippen molar-refractivity contribution in [3.8, 4) is 5.75 Å². The Hall–Kier alpha value is -2.54. The van der Waals surface area contributed by atoms with Gasteiger partial charge < -0.3 is 9.72 Å². The third-order valence-electron chi connectivity index (χ3n) is 3.38. The number of nitrogens with one attached hydrogen (secondary N) is 2. The van der Waals surface area contributed by atoms with Gasteiger partial charge in [0.25, 0.3) is 10.0 Å². The number of aromatic nitrogens is 2. The molecule has 0 radical (unpaired) electrons. The highest BCUT2D eigenvalue weighted by Crippen LogP contribution is 2.28. The molecule has 0 saturated heterocycles. The molecule has 0 aliphatic heterocycles. The Morgan fingerprint density at radius 1 is 1.17 bits per heavy atom. The van der Waals surface area contributed by atoms with Crippen molar-refractivity contribution in [3.63, 3.8) is 0 Å². The van der Waals surface area contributed by atoms with E-state index in [1.807, 2.05) is 20.8 Å². The number of nitrogens with zero attached hydrogens (tertiary/aromatic N) is 1. The minimum absolute atomic E-state index is 0.0556. The first kappa shape index (κ1) is 16.3. The number of aromatic amines is 1. The summed E-state index contributed by atoms with van der Waals surface area (Å²) >= 11 is 0. The van der Waals surface area contributed by atoms with E-state index >= 15 is 0 Å². The Balaban J connectivity index is 1.95. The van der Waals surface area contributed by atoms with Gasteiger partial charge in [-0.15, -0.1) is 0 Å². The van der Waals surface area contributed by atoms with Crippen LogP contribution in [0.3, 0.4) is 0 Å². The van der Waals surface area contributed by atoms with Gasteiger partial charge in [0.1, 0.15) is 11.6 Å². The molecule has 24 heavy (non-hydrogen) atoms. The number of hydrogen-bond donors (Lipinski definition) is 2. The smallest absolute Gasteiger partial charge is 0.262 e. The van der Waals surface area contributed by atoms with Crippen LogP contribution in [0.25, 0.3) is 11.0 Å². The van der Waals surface area contributed by atoms with E-state index in [2.05, 4.69) is 14.7 Å². The minimum Gasteiger partial charge on any atom is -0.489 e. The predicted octanol–water partition coefficient (Wildman–Crippen LogP) is 3.46. The van der Waals surface area contributed by atoms with Crippen molar-refractivity contribution in [3.05, 3.63) is 48.3 Å². The first-order valence-corrected chi connectivity index (χ1v) is 9.08. The summed E-state index contributed by atoms with van der Waals surface area (Å²) in [6.07, 6.45) is -0.0556. The fourth-order valence-corrected chi connectivity index (χ4v) is 3.49. The molecule has 7 heteroatoms. The number of rotatable bonds is 5. The van der Waals surface area contributed by atoms with Crippen LogP contribution in [-0.4, -0.2) is 24.5 Å². The average molecular weight is 345 g/mol. The molecule has 0 aliphatic rings. The maximum absolute atomic E-state index is 12.7. The number of aryl methyl sites for hydroxylation is 1. The third-order valence-corrected chi connectivity index (χ3v) is 4.74. The van der Waals surface area contributed by atoms with Crippen LogP contribution in [0, 0.1) is 6.92 Å². The highest BCUT2D eigenvalue weighted by molar-refractivity contribution is 7.92. The van der Waals surface area contributed by atoms with Gasteiger partial charge in [0, 0.05) is 0 Å². The largest absolute Gasteiger partial charge is 0.489 e. The van der Waals surface area contributed by atoms with Crippen molar-refractivity contribution in [1.29, 1.82) is 0 Å². The van der Waals surface area contributed by atoms with Gasteiger partial charge in [0.15, 0.2) is 0 Å². The predicted molar refractivity (Wildman–Crippen MR) is 93.8 cm³/mol. The Morgan fingerprint density at radius 3 is 2.67 bits per heavy atom. The van der Waals surface area contributed by atoms with Crippen molar-refractivity contribution in [1.82, 2.24) is 9.97 Å². The monoisotopic (exact) mass is 345 g/mol. The fraction of sp³-hybridized carbons (Fsp3) is 0.235. The lowest BCUT2D eigenvalue weighted by Gasteiger charge is -2.15. The summed E-state index contributed by atoms with van der Waals surface area (Å²) in [7, 11) is -3.73. The van der Waals surface area contributed by atoms with Gasteiger partial charge in [-0.1, -0.05) is 12.1 Å². The van der Waals surface area contributed by atoms with E-state index in [9.17, 15) is 8.42 Å². The Morgan fingerprint density at radius 2 is 1.92 bits per heavy atom. The number of hydrogen-bond acceptors (Lipinski definition) is 4. The summed E-state index contributed by atoms with van der Waals surface area (Å²) in [4.78, 5) is 7.49. The van der Waals surface area contributed by atoms with Gasteiger partial charge in [0.2, 0.25) is 0 Å². The second-order valence-corrected chi connectivity index (χ2v) is 7.45. The van der Waals surface area contributed by atoms with E-state index in [-0.39, 0.29) is 11.0 Å². The van der Waals surface area contributed by atoms with Gasteiger partial charge in [-0.2, -0.15) is 0 Å². The fourth-order valence-electron chi connectivity index (χ4n) is 2.39. The molecule has 3 aromatic rings. The Kier molecular flexibility index (Phi) is 4.19. The second-order valence-electron chi connectivity index (χ2n) is 5.77. The number of sulfonamides is 1. The topological polar surface area (TPSA) is 84.1 Å². The number of ether oxygens (including phenoxy) is 1. The van der Waals surface area contributed by atoms with Crippen LogP contribution in [0.5, 0.6) is 5.75 Å². The van der Waals surface area contributed by atoms with E-state index in [1.54, 1.807) is 36.4 Å². The molecule has 0 saturated carbocycles. The highest BCUT2D eigenvalue weighted by Gasteiger charge is 2.18. The molecule has 0 unspecified atom stereocenters. The van der Waals surface area contributed by atoms with Crippen molar-refractivity contribution >= 4 is 26.7 Å². The molecule has 0 atom stereocenters. The molecule has 0 aliphatic carbocycles. The maximum Gasteiger partial charge on any atom is 0.262 e. The van der Waals surface area contributed by atoms with E-state index < -0.39 is 10.0 Å². The SMILES string of the molecule is Cc1nc2ccc(S(=O)(=O)Nc3ccccc3OC(C)C)cc2[nH]1. The molecule has 1 aromatic heterocycles. The summed E-state index contributed by atoms with van der Waals surface area (Å²) < 4.78 is 33.6. The molecule has 0 fully saturated rings. The molecule has 0 spiro atoms. The molecular formula is C17H19N3O3S. The normalized spacial score (nSPS) is 11.8. The van der Waals surface area contributed by atoms with Crippen LogP contribution in [0.15, 0.2) is 47.4 Å². The summed E-state index contributed by atoms with van der Waals surface area (Å²) in [6.45, 7) is 5.60. The summed E-state index contributed by atoms with van der Waals surface area (Å²) in [5, 5.41) is 0.